The van der Waals surface area contributed by atoms with E-state index in [9.17, 15) is 14.4 Å². The summed E-state index contributed by atoms with van der Waals surface area (Å²) < 4.78 is 0. The number of hydrogen-bond donors (Lipinski definition) is 1. The Bertz CT molecular complexity index is 976. The van der Waals surface area contributed by atoms with Crippen LogP contribution < -0.4 is 15.1 Å². The number of rotatable bonds is 4. The Labute approximate surface area is 175 Å². The molecule has 2 aliphatic heterocycles. The lowest BCUT2D eigenvalue weighted by Gasteiger charge is -2.45. The largest absolute Gasteiger partial charge is 0.358 e. The number of piperidine rings is 1. The maximum atomic E-state index is 13.3. The molecule has 1 aromatic heterocycles. The molecule has 3 amide bonds. The van der Waals surface area contributed by atoms with E-state index in [1.165, 1.54) is 9.80 Å². The van der Waals surface area contributed by atoms with Crippen LogP contribution in [0.4, 0.5) is 17.2 Å². The molecule has 1 atom stereocenters. The van der Waals surface area contributed by atoms with Gasteiger partial charge in [-0.1, -0.05) is 6.07 Å². The summed E-state index contributed by atoms with van der Waals surface area (Å²) in [7, 11) is 3.37. The fraction of sp³-hybridized carbons (Fsp3) is 0.364. The van der Waals surface area contributed by atoms with Gasteiger partial charge in [0.2, 0.25) is 11.8 Å². The summed E-state index contributed by atoms with van der Waals surface area (Å²) in [4.78, 5) is 47.7. The van der Waals surface area contributed by atoms with Crippen molar-refractivity contribution in [2.24, 2.45) is 0 Å². The van der Waals surface area contributed by atoms with Crippen molar-refractivity contribution >= 4 is 34.9 Å². The fourth-order valence-corrected chi connectivity index (χ4v) is 4.07. The third-order valence-electron chi connectivity index (χ3n) is 5.52. The number of fused-ring (bicyclic) bond motifs is 3. The Morgan fingerprint density at radius 3 is 2.73 bits per heavy atom. The lowest BCUT2D eigenvalue weighted by Crippen LogP contribution is -2.56. The lowest BCUT2D eigenvalue weighted by molar-refractivity contribution is -0.123. The van der Waals surface area contributed by atoms with Crippen LogP contribution in [0.3, 0.4) is 0 Å². The van der Waals surface area contributed by atoms with Gasteiger partial charge in [0.1, 0.15) is 18.4 Å². The monoisotopic (exact) mass is 407 g/mol. The molecule has 8 heteroatoms. The van der Waals surface area contributed by atoms with Crippen molar-refractivity contribution in [3.63, 3.8) is 0 Å². The van der Waals surface area contributed by atoms with Crippen LogP contribution in [0.25, 0.3) is 0 Å². The Kier molecular flexibility index (Phi) is 5.39. The van der Waals surface area contributed by atoms with Crippen LogP contribution in [0, 0.1) is 0 Å². The van der Waals surface area contributed by atoms with Gasteiger partial charge in [0.15, 0.2) is 0 Å². The van der Waals surface area contributed by atoms with Crippen molar-refractivity contribution in [1.82, 2.24) is 9.88 Å². The van der Waals surface area contributed by atoms with Gasteiger partial charge in [-0.05, 0) is 49.6 Å². The molecule has 2 aromatic rings. The first kappa shape index (κ1) is 19.9. The van der Waals surface area contributed by atoms with E-state index >= 15 is 0 Å². The third-order valence-corrected chi connectivity index (χ3v) is 5.52. The number of pyridine rings is 1. The molecule has 30 heavy (non-hydrogen) atoms. The minimum Gasteiger partial charge on any atom is -0.358 e. The normalized spacial score (nSPS) is 17.8. The number of amides is 3. The van der Waals surface area contributed by atoms with E-state index < -0.39 is 0 Å². The summed E-state index contributed by atoms with van der Waals surface area (Å²) in [6.45, 7) is 0.657. The fourth-order valence-electron chi connectivity index (χ4n) is 4.07. The molecule has 1 unspecified atom stereocenters. The van der Waals surface area contributed by atoms with Crippen LogP contribution in [0.15, 0.2) is 42.6 Å². The zero-order chi connectivity index (χ0) is 21.3. The van der Waals surface area contributed by atoms with Crippen molar-refractivity contribution in [3.05, 3.63) is 48.2 Å². The molecule has 0 saturated carbocycles. The summed E-state index contributed by atoms with van der Waals surface area (Å²) in [5.41, 5.74) is 1.97. The molecule has 1 N–H and O–H groups in total. The van der Waals surface area contributed by atoms with Gasteiger partial charge in [-0.25, -0.2) is 4.98 Å². The van der Waals surface area contributed by atoms with E-state index in [0.29, 0.717) is 17.1 Å². The van der Waals surface area contributed by atoms with Gasteiger partial charge in [0, 0.05) is 32.4 Å². The topological polar surface area (TPSA) is 85.9 Å². The summed E-state index contributed by atoms with van der Waals surface area (Å²) in [5, 5.41) is 2.74. The molecule has 1 fully saturated rings. The quantitative estimate of drug-likeness (QED) is 0.839. The van der Waals surface area contributed by atoms with Crippen LogP contribution >= 0.6 is 0 Å². The van der Waals surface area contributed by atoms with Crippen molar-refractivity contribution in [1.29, 1.82) is 0 Å². The first-order valence-corrected chi connectivity index (χ1v) is 10.1. The number of anilines is 3. The molecule has 8 nitrogen and oxygen atoms in total. The highest BCUT2D eigenvalue weighted by Gasteiger charge is 2.40. The number of carbonyl (C=O) groups is 3. The maximum Gasteiger partial charge on any atom is 0.253 e. The van der Waals surface area contributed by atoms with Crippen LogP contribution in [0.2, 0.25) is 0 Å². The molecule has 1 saturated heterocycles. The second kappa shape index (κ2) is 8.14. The Morgan fingerprint density at radius 1 is 1.17 bits per heavy atom. The number of nitrogens with zero attached hydrogens (tertiary/aromatic N) is 4. The van der Waals surface area contributed by atoms with Crippen molar-refractivity contribution in [2.75, 3.05) is 42.3 Å². The van der Waals surface area contributed by atoms with Gasteiger partial charge in [-0.2, -0.15) is 0 Å². The molecule has 0 spiro atoms. The second-order valence-electron chi connectivity index (χ2n) is 7.80. The molecule has 4 rings (SSSR count). The minimum atomic E-state index is -0.332. The molecular weight excluding hydrogens is 382 g/mol. The Balaban J connectivity index is 1.68. The van der Waals surface area contributed by atoms with E-state index in [2.05, 4.69) is 15.2 Å². The van der Waals surface area contributed by atoms with Gasteiger partial charge in [0.05, 0.1) is 11.4 Å². The Hall–Kier alpha value is -3.42. The average molecular weight is 407 g/mol. The van der Waals surface area contributed by atoms with Gasteiger partial charge >= 0.3 is 0 Å². The smallest absolute Gasteiger partial charge is 0.253 e. The Morgan fingerprint density at radius 2 is 2.00 bits per heavy atom. The summed E-state index contributed by atoms with van der Waals surface area (Å²) in [6, 6.07) is 10.4. The van der Waals surface area contributed by atoms with Crippen molar-refractivity contribution in [2.45, 2.75) is 25.3 Å². The standard InChI is InChI=1S/C22H25N5O3/c1-25(2)21(29)15-9-10-16-18(13-15)27(22(30)17-7-4-6-12-26(16)17)14-20(28)24-19-8-3-5-11-23-19/h3,5,8-11,13,17H,4,6-7,12,14H2,1-2H3,(H,23,24,28). The lowest BCUT2D eigenvalue weighted by atomic mass is 9.95. The van der Waals surface area contributed by atoms with Crippen molar-refractivity contribution < 1.29 is 14.4 Å². The van der Waals surface area contributed by atoms with Gasteiger partial charge in [0.25, 0.3) is 5.91 Å². The maximum absolute atomic E-state index is 13.3. The zero-order valence-corrected chi connectivity index (χ0v) is 17.2. The predicted molar refractivity (Wildman–Crippen MR) is 115 cm³/mol. The van der Waals surface area contributed by atoms with Gasteiger partial charge in [-0.15, -0.1) is 0 Å². The van der Waals surface area contributed by atoms with E-state index in [1.807, 2.05) is 6.07 Å². The van der Waals surface area contributed by atoms with Crippen molar-refractivity contribution in [3.8, 4) is 0 Å². The first-order chi connectivity index (χ1) is 14.5. The highest BCUT2D eigenvalue weighted by molar-refractivity contribution is 6.11. The molecule has 0 radical (unpaired) electrons. The van der Waals surface area contributed by atoms with E-state index in [-0.39, 0.29) is 30.3 Å². The van der Waals surface area contributed by atoms with E-state index in [4.69, 9.17) is 0 Å². The highest BCUT2D eigenvalue weighted by Crippen LogP contribution is 2.40. The van der Waals surface area contributed by atoms with Crippen LogP contribution in [0.5, 0.6) is 0 Å². The van der Waals surface area contributed by atoms with E-state index in [1.54, 1.807) is 50.6 Å². The molecule has 156 valence electrons. The molecule has 1 aromatic carbocycles. The molecule has 0 bridgehead atoms. The zero-order valence-electron chi connectivity index (χ0n) is 17.2. The highest BCUT2D eigenvalue weighted by atomic mass is 16.2. The number of aromatic nitrogens is 1. The third kappa shape index (κ3) is 3.72. The summed E-state index contributed by atoms with van der Waals surface area (Å²) in [6.07, 6.45) is 4.35. The van der Waals surface area contributed by atoms with Crippen LogP contribution in [-0.4, -0.2) is 60.8 Å². The number of hydrogen-bond acceptors (Lipinski definition) is 5. The predicted octanol–water partition coefficient (Wildman–Crippen LogP) is 2.13. The SMILES string of the molecule is CN(C)C(=O)c1ccc2c(c1)N(CC(=O)Nc1ccccn1)C(=O)C1CCCCN21. The average Bonchev–Trinajstić information content (AvgIpc) is 2.76. The molecule has 2 aliphatic rings. The van der Waals surface area contributed by atoms with Gasteiger partial charge in [-0.3, -0.25) is 19.3 Å². The molecular formula is C22H25N5O3. The summed E-state index contributed by atoms with van der Waals surface area (Å²) >= 11 is 0. The molecule has 0 aliphatic carbocycles. The first-order valence-electron chi connectivity index (χ1n) is 10.1. The van der Waals surface area contributed by atoms with Gasteiger partial charge < -0.3 is 15.1 Å². The summed E-state index contributed by atoms with van der Waals surface area (Å²) in [5.74, 6) is -0.152. The second-order valence-corrected chi connectivity index (χ2v) is 7.80. The van der Waals surface area contributed by atoms with Crippen LogP contribution in [0.1, 0.15) is 29.6 Å². The number of carbonyl (C=O) groups excluding carboxylic acids is 3. The molecule has 3 heterocycles. The minimum absolute atomic E-state index is 0.104. The van der Waals surface area contributed by atoms with E-state index in [0.717, 1.165) is 31.5 Å². The number of nitrogens with one attached hydrogen (secondary N) is 1. The number of benzene rings is 1. The van der Waals surface area contributed by atoms with Crippen LogP contribution in [-0.2, 0) is 9.59 Å².